The fraction of sp³-hybridized carbons (Fsp3) is 0.250. The topological polar surface area (TPSA) is 35.6 Å². The van der Waals surface area contributed by atoms with Crippen molar-refractivity contribution in [1.82, 2.24) is 19.6 Å². The summed E-state index contributed by atoms with van der Waals surface area (Å²) in [6.07, 6.45) is 3.54. The molecule has 2 aromatic heterocycles. The summed E-state index contributed by atoms with van der Waals surface area (Å²) in [6, 6.07) is 3.90. The molecule has 2 aromatic rings. The molecule has 0 atom stereocenters. The van der Waals surface area contributed by atoms with E-state index < -0.39 is 0 Å². The van der Waals surface area contributed by atoms with Crippen molar-refractivity contribution in [2.45, 2.75) is 6.92 Å². The number of nitrogens with zero attached hydrogens (tertiary/aromatic N) is 4. The zero-order chi connectivity index (χ0) is 8.55. The molecule has 0 saturated heterocycles. The van der Waals surface area contributed by atoms with Gasteiger partial charge in [0.1, 0.15) is 0 Å². The lowest BCUT2D eigenvalue weighted by Gasteiger charge is -2.02. The van der Waals surface area contributed by atoms with Crippen molar-refractivity contribution in [3.63, 3.8) is 0 Å². The molecule has 4 heteroatoms. The van der Waals surface area contributed by atoms with E-state index in [4.69, 9.17) is 0 Å². The monoisotopic (exact) mass is 162 g/mol. The molecule has 12 heavy (non-hydrogen) atoms. The first-order valence-corrected chi connectivity index (χ1v) is 3.78. The molecule has 0 fully saturated rings. The van der Waals surface area contributed by atoms with E-state index in [9.17, 15) is 0 Å². The third kappa shape index (κ3) is 0.922. The molecule has 0 aliphatic rings. The minimum atomic E-state index is 0.984. The Bertz CT molecular complexity index is 347. The maximum Gasteiger partial charge on any atom is 0.151 e. The predicted molar refractivity (Wildman–Crippen MR) is 45.1 cm³/mol. The fourth-order valence-corrected chi connectivity index (χ4v) is 1.18. The van der Waals surface area contributed by atoms with Crippen LogP contribution in [0.15, 0.2) is 24.5 Å². The summed E-state index contributed by atoms with van der Waals surface area (Å²) in [5, 5.41) is 8.24. The van der Waals surface area contributed by atoms with Gasteiger partial charge in [0.25, 0.3) is 0 Å². The van der Waals surface area contributed by atoms with Crippen molar-refractivity contribution >= 4 is 0 Å². The molecule has 62 valence electrons. The summed E-state index contributed by atoms with van der Waals surface area (Å²) in [5.41, 5.74) is 1.11. The molecule has 0 radical (unpaired) electrons. The van der Waals surface area contributed by atoms with Gasteiger partial charge in [-0.3, -0.25) is 4.68 Å². The molecule has 0 unspecified atom stereocenters. The average Bonchev–Trinajstić information content (AvgIpc) is 2.59. The fourth-order valence-electron chi connectivity index (χ4n) is 1.18. The molecular formula is C8H10N4. The molecule has 2 rings (SSSR count). The van der Waals surface area contributed by atoms with Crippen LogP contribution in [0.1, 0.15) is 5.69 Å². The molecular weight excluding hydrogens is 152 g/mol. The summed E-state index contributed by atoms with van der Waals surface area (Å²) < 4.78 is 3.65. The second kappa shape index (κ2) is 2.48. The van der Waals surface area contributed by atoms with Crippen LogP contribution >= 0.6 is 0 Å². The number of hydrogen-bond donors (Lipinski definition) is 0. The smallest absolute Gasteiger partial charge is 0.151 e. The first kappa shape index (κ1) is 7.09. The maximum absolute atomic E-state index is 4.17. The van der Waals surface area contributed by atoms with Gasteiger partial charge in [0.05, 0.1) is 6.20 Å². The zero-order valence-corrected chi connectivity index (χ0v) is 7.10. The Hall–Kier alpha value is -1.58. The Morgan fingerprint density at radius 3 is 2.42 bits per heavy atom. The largest absolute Gasteiger partial charge is 0.251 e. The summed E-state index contributed by atoms with van der Waals surface area (Å²) in [6.45, 7) is 2.01. The number of rotatable bonds is 1. The van der Waals surface area contributed by atoms with Crippen LogP contribution in [0.5, 0.6) is 0 Å². The Morgan fingerprint density at radius 1 is 1.17 bits per heavy atom. The second-order valence-corrected chi connectivity index (χ2v) is 2.70. The normalized spacial score (nSPS) is 10.5. The molecule has 0 saturated carbocycles. The maximum atomic E-state index is 4.17. The first-order valence-electron chi connectivity index (χ1n) is 3.78. The molecule has 0 bridgehead atoms. The lowest BCUT2D eigenvalue weighted by molar-refractivity contribution is 0.689. The van der Waals surface area contributed by atoms with Gasteiger partial charge in [-0.2, -0.15) is 10.2 Å². The van der Waals surface area contributed by atoms with Crippen LogP contribution in [0, 0.1) is 6.92 Å². The lowest BCUT2D eigenvalue weighted by atomic mass is 10.5. The average molecular weight is 162 g/mol. The summed E-state index contributed by atoms with van der Waals surface area (Å²) in [5.74, 6) is 0.984. The van der Waals surface area contributed by atoms with Crippen molar-refractivity contribution in [1.29, 1.82) is 0 Å². The van der Waals surface area contributed by atoms with Gasteiger partial charge in [0, 0.05) is 25.0 Å². The van der Waals surface area contributed by atoms with Crippen LogP contribution in [-0.2, 0) is 7.05 Å². The molecule has 0 aliphatic heterocycles. The second-order valence-electron chi connectivity index (χ2n) is 2.70. The van der Waals surface area contributed by atoms with Crippen molar-refractivity contribution < 1.29 is 0 Å². The van der Waals surface area contributed by atoms with Crippen molar-refractivity contribution in [2.75, 3.05) is 0 Å². The van der Waals surface area contributed by atoms with Crippen molar-refractivity contribution in [3.8, 4) is 5.82 Å². The lowest BCUT2D eigenvalue weighted by Crippen LogP contribution is -2.05. The van der Waals surface area contributed by atoms with Crippen LogP contribution in [0.25, 0.3) is 5.82 Å². The van der Waals surface area contributed by atoms with Crippen molar-refractivity contribution in [3.05, 3.63) is 30.2 Å². The van der Waals surface area contributed by atoms with Gasteiger partial charge in [0.2, 0.25) is 0 Å². The standard InChI is InChI=1S/C8H10N4/c1-7-3-5-10-12(7)8-4-6-9-11(8)2/h3-6H,1-2H3. The Balaban J connectivity index is 2.57. The van der Waals surface area contributed by atoms with Gasteiger partial charge in [0.15, 0.2) is 5.82 Å². The van der Waals surface area contributed by atoms with Gasteiger partial charge >= 0.3 is 0 Å². The minimum absolute atomic E-state index is 0.984. The molecule has 0 amide bonds. The highest BCUT2D eigenvalue weighted by Crippen LogP contribution is 2.06. The van der Waals surface area contributed by atoms with E-state index in [1.54, 1.807) is 17.1 Å². The number of aromatic nitrogens is 4. The predicted octanol–water partition coefficient (Wildman–Crippen LogP) is 0.914. The molecule has 2 heterocycles. The molecule has 0 spiro atoms. The van der Waals surface area contributed by atoms with Gasteiger partial charge in [-0.25, -0.2) is 4.68 Å². The van der Waals surface area contributed by atoms with Crippen LogP contribution in [-0.4, -0.2) is 19.6 Å². The molecule has 0 aliphatic carbocycles. The van der Waals surface area contributed by atoms with E-state index in [2.05, 4.69) is 10.2 Å². The van der Waals surface area contributed by atoms with Crippen LogP contribution in [0.4, 0.5) is 0 Å². The van der Waals surface area contributed by atoms with Gasteiger partial charge in [-0.15, -0.1) is 0 Å². The summed E-state index contributed by atoms with van der Waals surface area (Å²) in [7, 11) is 1.90. The quantitative estimate of drug-likeness (QED) is 0.625. The SMILES string of the molecule is Cc1ccnn1-c1ccnn1C. The van der Waals surface area contributed by atoms with E-state index >= 15 is 0 Å². The highest BCUT2D eigenvalue weighted by atomic mass is 15.4. The van der Waals surface area contributed by atoms with Gasteiger partial charge < -0.3 is 0 Å². The number of aryl methyl sites for hydroxylation is 2. The van der Waals surface area contributed by atoms with Gasteiger partial charge in [-0.05, 0) is 13.0 Å². The van der Waals surface area contributed by atoms with Crippen molar-refractivity contribution in [2.24, 2.45) is 7.05 Å². The van der Waals surface area contributed by atoms with Crippen LogP contribution < -0.4 is 0 Å². The van der Waals surface area contributed by atoms with E-state index in [1.807, 2.05) is 30.8 Å². The Labute approximate surface area is 70.4 Å². The van der Waals surface area contributed by atoms with E-state index in [1.165, 1.54) is 0 Å². The van der Waals surface area contributed by atoms with Gasteiger partial charge in [-0.1, -0.05) is 0 Å². The van der Waals surface area contributed by atoms with E-state index in [0.717, 1.165) is 11.5 Å². The Kier molecular flexibility index (Phi) is 1.46. The molecule has 0 N–H and O–H groups in total. The van der Waals surface area contributed by atoms with Crippen LogP contribution in [0.3, 0.4) is 0 Å². The van der Waals surface area contributed by atoms with E-state index in [0.29, 0.717) is 0 Å². The third-order valence-electron chi connectivity index (χ3n) is 1.84. The van der Waals surface area contributed by atoms with Crippen LogP contribution in [0.2, 0.25) is 0 Å². The third-order valence-corrected chi connectivity index (χ3v) is 1.84. The molecule has 4 nitrogen and oxygen atoms in total. The summed E-state index contributed by atoms with van der Waals surface area (Å²) in [4.78, 5) is 0. The first-order chi connectivity index (χ1) is 5.79. The zero-order valence-electron chi connectivity index (χ0n) is 7.10. The Morgan fingerprint density at radius 2 is 1.92 bits per heavy atom. The summed E-state index contributed by atoms with van der Waals surface area (Å²) >= 11 is 0. The number of hydrogen-bond acceptors (Lipinski definition) is 2. The minimum Gasteiger partial charge on any atom is -0.251 e. The highest BCUT2D eigenvalue weighted by molar-refractivity contribution is 5.22. The molecule has 0 aromatic carbocycles. The highest BCUT2D eigenvalue weighted by Gasteiger charge is 2.03. The van der Waals surface area contributed by atoms with E-state index in [-0.39, 0.29) is 0 Å².